The lowest BCUT2D eigenvalue weighted by molar-refractivity contribution is -0.137. The maximum atomic E-state index is 13.2. The number of hydrogen-bond acceptors (Lipinski definition) is 4. The Hall–Kier alpha value is -3.42. The molecular weight excluding hydrogens is 394 g/mol. The van der Waals surface area contributed by atoms with Gasteiger partial charge in [-0.2, -0.15) is 23.5 Å². The number of benzene rings is 1. The molecule has 2 aromatic rings. The summed E-state index contributed by atoms with van der Waals surface area (Å²) in [5, 5.41) is 12.7. The summed E-state index contributed by atoms with van der Waals surface area (Å²) in [4.78, 5) is 27.5. The van der Waals surface area contributed by atoms with Crippen LogP contribution in [0.1, 0.15) is 25.0 Å². The second-order valence-corrected chi connectivity index (χ2v) is 6.89. The quantitative estimate of drug-likeness (QED) is 0.574. The van der Waals surface area contributed by atoms with E-state index in [1.807, 2.05) is 0 Å². The van der Waals surface area contributed by atoms with Gasteiger partial charge in [0, 0.05) is 6.54 Å². The number of rotatable bonds is 4. The van der Waals surface area contributed by atoms with Gasteiger partial charge >= 0.3 is 12.2 Å². The summed E-state index contributed by atoms with van der Waals surface area (Å²) in [6.07, 6.45) is -2.72. The molecule has 1 saturated heterocycles. The van der Waals surface area contributed by atoms with Crippen molar-refractivity contribution in [2.75, 3.05) is 11.4 Å². The first-order chi connectivity index (χ1) is 13.5. The lowest BCUT2D eigenvalue weighted by Crippen LogP contribution is -2.45. The Morgan fingerprint density at radius 2 is 1.90 bits per heavy atom. The number of carbonyl (C=O) groups excluding carboxylic acids is 2. The topological polar surface area (TPSA) is 82.2 Å². The SMILES string of the molecule is CC1(C)C(=O)N(c2ccc(C#N)c(C(F)(F)F)c2)C(=O)N1CCn1cc(F)cn1. The monoisotopic (exact) mass is 409 g/mol. The molecular formula is C18H15F4N5O2. The molecule has 152 valence electrons. The Morgan fingerprint density at radius 3 is 2.45 bits per heavy atom. The highest BCUT2D eigenvalue weighted by atomic mass is 19.4. The van der Waals surface area contributed by atoms with Crippen molar-refractivity contribution in [3.8, 4) is 6.07 Å². The van der Waals surface area contributed by atoms with Crippen LogP contribution in [0.4, 0.5) is 28.0 Å². The Kier molecular flexibility index (Phi) is 4.82. The summed E-state index contributed by atoms with van der Waals surface area (Å²) in [6, 6.07) is 3.28. The van der Waals surface area contributed by atoms with Crippen LogP contribution >= 0.6 is 0 Å². The van der Waals surface area contributed by atoms with Crippen molar-refractivity contribution in [1.82, 2.24) is 14.7 Å². The Balaban J connectivity index is 1.93. The number of alkyl halides is 3. The fraction of sp³-hybridized carbons (Fsp3) is 0.333. The predicted molar refractivity (Wildman–Crippen MR) is 92.0 cm³/mol. The fourth-order valence-electron chi connectivity index (χ4n) is 3.11. The van der Waals surface area contributed by atoms with Gasteiger partial charge in [0.1, 0.15) is 5.54 Å². The third kappa shape index (κ3) is 3.53. The summed E-state index contributed by atoms with van der Waals surface area (Å²) in [5.41, 5.74) is -3.47. The minimum Gasteiger partial charge on any atom is -0.308 e. The van der Waals surface area contributed by atoms with Gasteiger partial charge in [0.25, 0.3) is 5.91 Å². The zero-order valence-corrected chi connectivity index (χ0v) is 15.4. The van der Waals surface area contributed by atoms with Crippen molar-refractivity contribution >= 4 is 17.6 Å². The van der Waals surface area contributed by atoms with E-state index in [-0.39, 0.29) is 18.8 Å². The Morgan fingerprint density at radius 1 is 1.21 bits per heavy atom. The predicted octanol–water partition coefficient (Wildman–Crippen LogP) is 3.16. The molecule has 3 rings (SSSR count). The summed E-state index contributed by atoms with van der Waals surface area (Å²) in [5.74, 6) is -1.28. The summed E-state index contributed by atoms with van der Waals surface area (Å²) >= 11 is 0. The number of imide groups is 1. The highest BCUT2D eigenvalue weighted by Crippen LogP contribution is 2.37. The molecule has 7 nitrogen and oxygen atoms in total. The smallest absolute Gasteiger partial charge is 0.308 e. The number of halogens is 4. The average Bonchev–Trinajstić information content (AvgIpc) is 3.12. The molecule has 0 saturated carbocycles. The second kappa shape index (κ2) is 6.88. The zero-order chi connectivity index (χ0) is 21.6. The first-order valence-corrected chi connectivity index (χ1v) is 8.42. The second-order valence-electron chi connectivity index (χ2n) is 6.89. The zero-order valence-electron chi connectivity index (χ0n) is 15.4. The molecule has 29 heavy (non-hydrogen) atoms. The largest absolute Gasteiger partial charge is 0.417 e. The number of amides is 3. The molecule has 0 unspecified atom stereocenters. The number of nitriles is 1. The lowest BCUT2D eigenvalue weighted by atomic mass is 10.0. The van der Waals surface area contributed by atoms with E-state index in [0.29, 0.717) is 11.0 Å². The number of hydrogen-bond donors (Lipinski definition) is 0. The van der Waals surface area contributed by atoms with Crippen LogP contribution in [0.5, 0.6) is 0 Å². The maximum Gasteiger partial charge on any atom is 0.417 e. The van der Waals surface area contributed by atoms with Crippen molar-refractivity contribution in [3.63, 3.8) is 0 Å². The van der Waals surface area contributed by atoms with Crippen LogP contribution in [0.15, 0.2) is 30.6 Å². The van der Waals surface area contributed by atoms with Crippen LogP contribution < -0.4 is 4.90 Å². The number of anilines is 1. The van der Waals surface area contributed by atoms with Crippen LogP contribution in [0.2, 0.25) is 0 Å². The molecule has 1 aromatic heterocycles. The van der Waals surface area contributed by atoms with Gasteiger partial charge in [0.2, 0.25) is 0 Å². The van der Waals surface area contributed by atoms with Gasteiger partial charge < -0.3 is 4.90 Å². The van der Waals surface area contributed by atoms with E-state index < -0.39 is 40.6 Å². The van der Waals surface area contributed by atoms with Crippen LogP contribution in [0.3, 0.4) is 0 Å². The molecule has 1 aliphatic rings. The number of carbonyl (C=O) groups is 2. The molecule has 3 amide bonds. The van der Waals surface area contributed by atoms with E-state index in [4.69, 9.17) is 5.26 Å². The number of aromatic nitrogens is 2. The standard InChI is InChI=1S/C18H15F4N5O2/c1-17(2)15(28)27(13-4-3-11(8-23)14(7-13)18(20,21)22)16(29)26(17)6-5-25-10-12(19)9-24-25/h3-4,7,9-10H,5-6H2,1-2H3. The summed E-state index contributed by atoms with van der Waals surface area (Å²) in [7, 11) is 0. The highest BCUT2D eigenvalue weighted by Gasteiger charge is 2.52. The van der Waals surface area contributed by atoms with Crippen LogP contribution in [-0.2, 0) is 17.5 Å². The lowest BCUT2D eigenvalue weighted by Gasteiger charge is -2.27. The minimum atomic E-state index is -4.83. The van der Waals surface area contributed by atoms with Gasteiger partial charge in [-0.25, -0.2) is 14.1 Å². The van der Waals surface area contributed by atoms with Gasteiger partial charge in [-0.3, -0.25) is 9.48 Å². The average molecular weight is 409 g/mol. The molecule has 0 N–H and O–H groups in total. The highest BCUT2D eigenvalue weighted by molar-refractivity contribution is 6.23. The van der Waals surface area contributed by atoms with E-state index in [9.17, 15) is 27.2 Å². The molecule has 2 heterocycles. The molecule has 1 fully saturated rings. The van der Waals surface area contributed by atoms with E-state index in [1.54, 1.807) is 0 Å². The van der Waals surface area contributed by atoms with Gasteiger partial charge in [0.05, 0.1) is 41.8 Å². The fourth-order valence-corrected chi connectivity index (χ4v) is 3.11. The maximum absolute atomic E-state index is 13.2. The molecule has 1 aliphatic heterocycles. The molecule has 11 heteroatoms. The third-order valence-electron chi connectivity index (χ3n) is 4.67. The van der Waals surface area contributed by atoms with Crippen molar-refractivity contribution in [1.29, 1.82) is 5.26 Å². The van der Waals surface area contributed by atoms with Crippen molar-refractivity contribution in [3.05, 3.63) is 47.5 Å². The van der Waals surface area contributed by atoms with E-state index >= 15 is 0 Å². The normalized spacial score (nSPS) is 16.4. The van der Waals surface area contributed by atoms with Crippen LogP contribution in [-0.4, -0.2) is 38.7 Å². The molecule has 1 aromatic carbocycles. The molecule has 0 atom stereocenters. The van der Waals surface area contributed by atoms with E-state index in [2.05, 4.69) is 5.10 Å². The van der Waals surface area contributed by atoms with Crippen molar-refractivity contribution in [2.45, 2.75) is 32.1 Å². The summed E-state index contributed by atoms with van der Waals surface area (Å²) < 4.78 is 54.0. The summed E-state index contributed by atoms with van der Waals surface area (Å²) in [6.45, 7) is 3.00. The molecule has 0 radical (unpaired) electrons. The first kappa shape index (κ1) is 20.3. The van der Waals surface area contributed by atoms with Crippen LogP contribution in [0, 0.1) is 17.1 Å². The first-order valence-electron chi connectivity index (χ1n) is 8.42. The molecule has 0 spiro atoms. The van der Waals surface area contributed by atoms with Gasteiger partial charge in [-0.05, 0) is 32.0 Å². The Bertz CT molecular complexity index is 1020. The van der Waals surface area contributed by atoms with Gasteiger partial charge in [-0.15, -0.1) is 0 Å². The molecule has 0 bridgehead atoms. The minimum absolute atomic E-state index is 0.0163. The number of urea groups is 1. The van der Waals surface area contributed by atoms with Crippen molar-refractivity contribution < 1.29 is 27.2 Å². The van der Waals surface area contributed by atoms with Crippen LogP contribution in [0.25, 0.3) is 0 Å². The van der Waals surface area contributed by atoms with Gasteiger partial charge in [-0.1, -0.05) is 0 Å². The van der Waals surface area contributed by atoms with Crippen molar-refractivity contribution in [2.24, 2.45) is 0 Å². The number of nitrogens with zero attached hydrogens (tertiary/aromatic N) is 5. The molecule has 0 aliphatic carbocycles. The van der Waals surface area contributed by atoms with E-state index in [1.165, 1.54) is 29.5 Å². The Labute approximate surface area is 162 Å². The van der Waals surface area contributed by atoms with E-state index in [0.717, 1.165) is 24.5 Å². The third-order valence-corrected chi connectivity index (χ3v) is 4.67. The van der Waals surface area contributed by atoms with Gasteiger partial charge in [0.15, 0.2) is 5.82 Å².